The lowest BCUT2D eigenvalue weighted by Crippen LogP contribution is -2.21. The minimum atomic E-state index is -0.381. The molecule has 7 nitrogen and oxygen atoms in total. The van der Waals surface area contributed by atoms with Crippen molar-refractivity contribution in [2.75, 3.05) is 13.9 Å². The second-order valence-corrected chi connectivity index (χ2v) is 7.30. The van der Waals surface area contributed by atoms with Gasteiger partial charge in [0, 0.05) is 11.5 Å². The van der Waals surface area contributed by atoms with Gasteiger partial charge in [0.15, 0.2) is 17.3 Å². The standard InChI is InChI=1S/C22H18O7/c1-10(2)20-19(24)12-4-5-14-18(21(12)29-20)13(8-17(23)28-14)11-6-15(25-3)22-16(7-11)26-9-27-22/h4-7,13H,8-9H2,1-3H3/t13-/m1/s1. The monoisotopic (exact) mass is 394 g/mol. The first kappa shape index (κ1) is 17.6. The van der Waals surface area contributed by atoms with Crippen molar-refractivity contribution in [3.05, 3.63) is 52.3 Å². The van der Waals surface area contributed by atoms with Crippen molar-refractivity contribution in [3.8, 4) is 28.7 Å². The van der Waals surface area contributed by atoms with Crippen LogP contribution in [0.25, 0.3) is 0 Å². The van der Waals surface area contributed by atoms with Gasteiger partial charge in [0.05, 0.1) is 19.1 Å². The first-order valence-electron chi connectivity index (χ1n) is 9.23. The van der Waals surface area contributed by atoms with Crippen molar-refractivity contribution >= 4 is 11.8 Å². The van der Waals surface area contributed by atoms with Crippen LogP contribution in [0.1, 0.15) is 47.7 Å². The lowest BCUT2D eigenvalue weighted by atomic mass is 9.84. The van der Waals surface area contributed by atoms with Crippen LogP contribution in [-0.2, 0) is 4.79 Å². The predicted molar refractivity (Wildman–Crippen MR) is 101 cm³/mol. The van der Waals surface area contributed by atoms with E-state index in [0.717, 1.165) is 11.1 Å². The van der Waals surface area contributed by atoms with Gasteiger partial charge in [-0.1, -0.05) is 0 Å². The summed E-state index contributed by atoms with van der Waals surface area (Å²) in [6.07, 6.45) is 0.105. The fourth-order valence-electron chi connectivity index (χ4n) is 3.96. The molecule has 0 saturated heterocycles. The molecule has 0 radical (unpaired) electrons. The van der Waals surface area contributed by atoms with Gasteiger partial charge >= 0.3 is 5.97 Å². The first-order chi connectivity index (χ1) is 14.0. The lowest BCUT2D eigenvalue weighted by molar-refractivity contribution is -0.135. The zero-order chi connectivity index (χ0) is 20.3. The number of carbonyl (C=O) groups excluding carboxylic acids is 2. The van der Waals surface area contributed by atoms with E-state index in [4.69, 9.17) is 23.7 Å². The highest BCUT2D eigenvalue weighted by Crippen LogP contribution is 2.51. The largest absolute Gasteiger partial charge is 0.493 e. The summed E-state index contributed by atoms with van der Waals surface area (Å²) < 4.78 is 27.9. The summed E-state index contributed by atoms with van der Waals surface area (Å²) in [7, 11) is 1.55. The smallest absolute Gasteiger partial charge is 0.312 e. The van der Waals surface area contributed by atoms with E-state index in [1.807, 2.05) is 26.0 Å². The van der Waals surface area contributed by atoms with Crippen LogP contribution < -0.4 is 23.7 Å². The summed E-state index contributed by atoms with van der Waals surface area (Å²) in [6.45, 7) is 3.76. The molecule has 5 rings (SSSR count). The van der Waals surface area contributed by atoms with Crippen molar-refractivity contribution in [1.82, 2.24) is 0 Å². The number of hydrogen-bond acceptors (Lipinski definition) is 7. The third-order valence-corrected chi connectivity index (χ3v) is 5.29. The molecule has 0 saturated carbocycles. The second-order valence-electron chi connectivity index (χ2n) is 7.30. The van der Waals surface area contributed by atoms with Gasteiger partial charge in [-0.25, -0.2) is 0 Å². The van der Waals surface area contributed by atoms with Gasteiger partial charge in [0.1, 0.15) is 11.5 Å². The van der Waals surface area contributed by atoms with E-state index in [9.17, 15) is 9.59 Å². The van der Waals surface area contributed by atoms with Gasteiger partial charge in [-0.2, -0.15) is 0 Å². The van der Waals surface area contributed by atoms with Crippen molar-refractivity contribution in [2.45, 2.75) is 26.2 Å². The number of ketones is 1. The van der Waals surface area contributed by atoms with Crippen molar-refractivity contribution in [3.63, 3.8) is 0 Å². The molecule has 3 heterocycles. The highest BCUT2D eigenvalue weighted by molar-refractivity contribution is 6.13. The van der Waals surface area contributed by atoms with Gasteiger partial charge in [-0.15, -0.1) is 0 Å². The quantitative estimate of drug-likeness (QED) is 0.436. The van der Waals surface area contributed by atoms with E-state index >= 15 is 0 Å². The molecule has 148 valence electrons. The third kappa shape index (κ3) is 2.57. The molecule has 2 aromatic rings. The lowest BCUT2D eigenvalue weighted by Gasteiger charge is -2.26. The molecule has 0 bridgehead atoms. The average Bonchev–Trinajstić information content (AvgIpc) is 3.30. The van der Waals surface area contributed by atoms with Gasteiger partial charge in [0.25, 0.3) is 0 Å². The molecule has 2 aromatic carbocycles. The minimum absolute atomic E-state index is 0.105. The topological polar surface area (TPSA) is 80.3 Å². The van der Waals surface area contributed by atoms with Crippen LogP contribution in [0, 0.1) is 0 Å². The number of benzene rings is 2. The average molecular weight is 394 g/mol. The van der Waals surface area contributed by atoms with Gasteiger partial charge in [0.2, 0.25) is 18.3 Å². The number of fused-ring (bicyclic) bond motifs is 4. The maximum absolute atomic E-state index is 12.7. The molecule has 1 atom stereocenters. The van der Waals surface area contributed by atoms with E-state index in [1.54, 1.807) is 19.2 Å². The Balaban J connectivity index is 1.70. The summed E-state index contributed by atoms with van der Waals surface area (Å²) in [4.78, 5) is 25.0. The van der Waals surface area contributed by atoms with Crippen LogP contribution in [0.2, 0.25) is 0 Å². The molecule has 0 amide bonds. The van der Waals surface area contributed by atoms with E-state index in [2.05, 4.69) is 0 Å². The summed E-state index contributed by atoms with van der Waals surface area (Å²) >= 11 is 0. The van der Waals surface area contributed by atoms with E-state index < -0.39 is 0 Å². The molecular formula is C22H18O7. The summed E-state index contributed by atoms with van der Waals surface area (Å²) in [5.41, 5.74) is 2.72. The molecule has 7 heteroatoms. The number of allylic oxidation sites excluding steroid dienone is 2. The van der Waals surface area contributed by atoms with Gasteiger partial charge < -0.3 is 23.7 Å². The molecule has 3 aliphatic heterocycles. The summed E-state index contributed by atoms with van der Waals surface area (Å²) in [5, 5.41) is 0. The van der Waals surface area contributed by atoms with E-state index in [1.165, 1.54) is 0 Å². The molecule has 0 aliphatic carbocycles. The van der Waals surface area contributed by atoms with Crippen molar-refractivity contribution in [2.24, 2.45) is 0 Å². The number of Topliss-reactive ketones (excluding diaryl/α,β-unsaturated/α-hetero) is 1. The number of hydrogen-bond donors (Lipinski definition) is 0. The number of carbonyl (C=O) groups is 2. The minimum Gasteiger partial charge on any atom is -0.493 e. The van der Waals surface area contributed by atoms with E-state index in [0.29, 0.717) is 45.6 Å². The van der Waals surface area contributed by atoms with Gasteiger partial charge in [-0.05, 0) is 49.2 Å². The highest BCUT2D eigenvalue weighted by Gasteiger charge is 2.39. The molecule has 0 unspecified atom stereocenters. The summed E-state index contributed by atoms with van der Waals surface area (Å²) in [5.74, 6) is 1.85. The molecular weight excluding hydrogens is 376 g/mol. The van der Waals surface area contributed by atoms with Crippen LogP contribution in [0.15, 0.2) is 35.6 Å². The summed E-state index contributed by atoms with van der Waals surface area (Å²) in [6, 6.07) is 6.94. The number of ether oxygens (including phenoxy) is 5. The Morgan fingerprint density at radius 2 is 1.86 bits per heavy atom. The fourth-order valence-corrected chi connectivity index (χ4v) is 3.96. The highest BCUT2D eigenvalue weighted by atomic mass is 16.7. The van der Waals surface area contributed by atoms with Crippen molar-refractivity contribution < 1.29 is 33.3 Å². The van der Waals surface area contributed by atoms with Crippen LogP contribution in [-0.4, -0.2) is 25.7 Å². The zero-order valence-electron chi connectivity index (χ0n) is 16.2. The van der Waals surface area contributed by atoms with Crippen LogP contribution in [0.4, 0.5) is 0 Å². The molecule has 0 aromatic heterocycles. The molecule has 29 heavy (non-hydrogen) atoms. The number of methoxy groups -OCH3 is 1. The Morgan fingerprint density at radius 3 is 2.62 bits per heavy atom. The van der Waals surface area contributed by atoms with Gasteiger partial charge in [-0.3, -0.25) is 9.59 Å². The second kappa shape index (κ2) is 6.27. The maximum atomic E-state index is 12.7. The van der Waals surface area contributed by atoms with Crippen LogP contribution in [0.3, 0.4) is 0 Å². The predicted octanol–water partition coefficient (Wildman–Crippen LogP) is 3.73. The fraction of sp³-hybridized carbons (Fsp3) is 0.273. The van der Waals surface area contributed by atoms with Crippen molar-refractivity contribution in [1.29, 1.82) is 0 Å². The van der Waals surface area contributed by atoms with Crippen LogP contribution >= 0.6 is 0 Å². The SMILES string of the molecule is COc1cc([C@H]2CC(=O)Oc3ccc4c(c32)OC(=C(C)C)C4=O)cc2c1OCO2. The first-order valence-corrected chi connectivity index (χ1v) is 9.23. The Hall–Kier alpha value is -3.48. The molecule has 0 spiro atoms. The van der Waals surface area contributed by atoms with Crippen LogP contribution in [0.5, 0.6) is 28.7 Å². The molecule has 0 N–H and O–H groups in total. The Labute approximate surface area is 166 Å². The normalized spacial score (nSPS) is 18.7. The zero-order valence-corrected chi connectivity index (χ0v) is 16.2. The maximum Gasteiger partial charge on any atom is 0.312 e. The molecule has 3 aliphatic rings. The Morgan fingerprint density at radius 1 is 1.03 bits per heavy atom. The van der Waals surface area contributed by atoms with E-state index in [-0.39, 0.29) is 30.9 Å². The third-order valence-electron chi connectivity index (χ3n) is 5.29. The molecule has 0 fully saturated rings. The number of esters is 1. The number of rotatable bonds is 2. The Kier molecular flexibility index (Phi) is 3.81. The Bertz CT molecular complexity index is 1110.